The lowest BCUT2D eigenvalue weighted by molar-refractivity contribution is -0.148. The van der Waals surface area contributed by atoms with Crippen molar-refractivity contribution in [2.75, 3.05) is 0 Å². The summed E-state index contributed by atoms with van der Waals surface area (Å²) >= 11 is 0. The molecule has 0 aliphatic rings. The van der Waals surface area contributed by atoms with E-state index in [0.717, 1.165) is 16.6 Å². The van der Waals surface area contributed by atoms with Crippen LogP contribution in [-0.2, 0) is 11.8 Å². The summed E-state index contributed by atoms with van der Waals surface area (Å²) in [6.45, 7) is 1.61. The minimum Gasteiger partial charge on any atom is -0.358 e. The molecule has 3 aromatic rings. The van der Waals surface area contributed by atoms with Gasteiger partial charge in [0.25, 0.3) is 0 Å². The van der Waals surface area contributed by atoms with E-state index in [1.807, 2.05) is 30.3 Å². The zero-order valence-corrected chi connectivity index (χ0v) is 14.6. The van der Waals surface area contributed by atoms with Gasteiger partial charge in [0.2, 0.25) is 0 Å². The van der Waals surface area contributed by atoms with Crippen LogP contribution < -0.4 is 5.73 Å². The first-order chi connectivity index (χ1) is 12.3. The number of nitrogens with two attached hydrogens (primary N) is 1. The quantitative estimate of drug-likeness (QED) is 0.667. The highest BCUT2D eigenvalue weighted by molar-refractivity contribution is 5.80. The maximum absolute atomic E-state index is 13.2. The van der Waals surface area contributed by atoms with E-state index in [2.05, 4.69) is 9.97 Å². The lowest BCUT2D eigenvalue weighted by atomic mass is 9.74. The number of rotatable bonds is 6. The summed E-state index contributed by atoms with van der Waals surface area (Å²) in [7, 11) is 0. The summed E-state index contributed by atoms with van der Waals surface area (Å²) in [5.74, 6) is 0. The van der Waals surface area contributed by atoms with Crippen LogP contribution in [0.1, 0.15) is 31.0 Å². The van der Waals surface area contributed by atoms with Crippen LogP contribution in [0.2, 0.25) is 0 Å². The van der Waals surface area contributed by atoms with Gasteiger partial charge >= 0.3 is 6.18 Å². The number of fused-ring (bicyclic) bond motifs is 1. The SMILES string of the molecule is CC(CC(N)Cc1cc2ccccc2[nH]1)(CC(F)(F)F)c1cccnc1. The van der Waals surface area contributed by atoms with Crippen LogP contribution in [0.5, 0.6) is 0 Å². The average Bonchev–Trinajstić information content (AvgIpc) is 2.95. The Hall–Kier alpha value is -2.34. The second-order valence-electron chi connectivity index (χ2n) is 7.14. The van der Waals surface area contributed by atoms with Crippen molar-refractivity contribution < 1.29 is 13.2 Å². The molecule has 0 spiro atoms. The van der Waals surface area contributed by atoms with Gasteiger partial charge < -0.3 is 10.7 Å². The molecule has 0 fully saturated rings. The standard InChI is InChI=1S/C20H22F3N3/c1-19(13-20(21,22)23,15-6-4-8-25-12-15)11-16(24)10-17-9-14-5-2-3-7-18(14)26-17/h2-9,12,16,26H,10-11,13,24H2,1H3. The van der Waals surface area contributed by atoms with E-state index in [1.54, 1.807) is 25.3 Å². The van der Waals surface area contributed by atoms with Gasteiger partial charge in [-0.1, -0.05) is 31.2 Å². The number of benzene rings is 1. The summed E-state index contributed by atoms with van der Waals surface area (Å²) in [4.78, 5) is 7.27. The van der Waals surface area contributed by atoms with Gasteiger partial charge in [0.05, 0.1) is 6.42 Å². The fraction of sp³-hybridized carbons (Fsp3) is 0.350. The zero-order valence-electron chi connectivity index (χ0n) is 14.6. The molecule has 0 aliphatic carbocycles. The maximum Gasteiger partial charge on any atom is 0.389 e. The van der Waals surface area contributed by atoms with Gasteiger partial charge in [-0.25, -0.2) is 0 Å². The topological polar surface area (TPSA) is 54.7 Å². The normalized spacial score (nSPS) is 15.7. The lowest BCUT2D eigenvalue weighted by Gasteiger charge is -2.33. The molecule has 1 aromatic carbocycles. The van der Waals surface area contributed by atoms with Gasteiger partial charge in [0.15, 0.2) is 0 Å². The maximum atomic E-state index is 13.2. The number of hydrogen-bond donors (Lipinski definition) is 2. The van der Waals surface area contributed by atoms with Crippen molar-refractivity contribution in [2.45, 2.75) is 43.8 Å². The molecule has 26 heavy (non-hydrogen) atoms. The second-order valence-corrected chi connectivity index (χ2v) is 7.14. The summed E-state index contributed by atoms with van der Waals surface area (Å²) in [5.41, 5.74) is 7.64. The Labute approximate surface area is 150 Å². The first-order valence-electron chi connectivity index (χ1n) is 8.55. The van der Waals surface area contributed by atoms with Gasteiger partial charge in [-0.05, 0) is 35.6 Å². The van der Waals surface area contributed by atoms with E-state index >= 15 is 0 Å². The molecular weight excluding hydrogens is 339 g/mol. The van der Waals surface area contributed by atoms with Crippen LogP contribution in [-0.4, -0.2) is 22.2 Å². The highest BCUT2D eigenvalue weighted by Gasteiger charge is 2.41. The van der Waals surface area contributed by atoms with E-state index < -0.39 is 24.1 Å². The van der Waals surface area contributed by atoms with E-state index in [4.69, 9.17) is 5.73 Å². The molecule has 6 heteroatoms. The fourth-order valence-corrected chi connectivity index (χ4v) is 3.63. The van der Waals surface area contributed by atoms with E-state index in [1.165, 1.54) is 6.20 Å². The van der Waals surface area contributed by atoms with Crippen molar-refractivity contribution in [1.29, 1.82) is 0 Å². The summed E-state index contributed by atoms with van der Waals surface area (Å²) < 4.78 is 39.6. The highest BCUT2D eigenvalue weighted by atomic mass is 19.4. The zero-order chi connectivity index (χ0) is 18.8. The molecule has 2 aromatic heterocycles. The Morgan fingerprint density at radius 1 is 1.15 bits per heavy atom. The smallest absolute Gasteiger partial charge is 0.358 e. The Morgan fingerprint density at radius 3 is 2.58 bits per heavy atom. The molecule has 3 N–H and O–H groups in total. The molecular formula is C20H22F3N3. The molecule has 0 saturated carbocycles. The average molecular weight is 361 g/mol. The third-order valence-electron chi connectivity index (χ3n) is 4.73. The monoisotopic (exact) mass is 361 g/mol. The van der Waals surface area contributed by atoms with Crippen molar-refractivity contribution in [3.63, 3.8) is 0 Å². The number of halogens is 3. The molecule has 3 nitrogen and oxygen atoms in total. The number of aromatic nitrogens is 2. The number of pyridine rings is 1. The van der Waals surface area contributed by atoms with Gasteiger partial charge in [-0.2, -0.15) is 13.2 Å². The van der Waals surface area contributed by atoms with Crippen molar-refractivity contribution in [1.82, 2.24) is 9.97 Å². The summed E-state index contributed by atoms with van der Waals surface area (Å²) in [6, 6.07) is 12.8. The molecule has 2 unspecified atom stereocenters. The molecule has 0 saturated heterocycles. The molecule has 138 valence electrons. The van der Waals surface area contributed by atoms with Crippen LogP contribution in [0.15, 0.2) is 54.9 Å². The number of H-pyrrole nitrogens is 1. The molecule has 0 bridgehead atoms. The molecule has 2 heterocycles. The number of para-hydroxylation sites is 1. The predicted molar refractivity (Wildman–Crippen MR) is 96.9 cm³/mol. The first-order valence-corrected chi connectivity index (χ1v) is 8.55. The van der Waals surface area contributed by atoms with Crippen LogP contribution in [0.4, 0.5) is 13.2 Å². The first kappa shape index (κ1) is 18.5. The largest absolute Gasteiger partial charge is 0.389 e. The summed E-state index contributed by atoms with van der Waals surface area (Å²) in [6.07, 6.45) is -1.43. The number of hydrogen-bond acceptors (Lipinski definition) is 2. The Kier molecular flexibility index (Phi) is 5.05. The molecule has 3 rings (SSSR count). The number of alkyl halides is 3. The van der Waals surface area contributed by atoms with Crippen molar-refractivity contribution in [2.24, 2.45) is 5.73 Å². The third kappa shape index (κ3) is 4.43. The number of aromatic amines is 1. The minimum atomic E-state index is -4.27. The minimum absolute atomic E-state index is 0.216. The van der Waals surface area contributed by atoms with Gasteiger partial charge in [-0.15, -0.1) is 0 Å². The molecule has 0 radical (unpaired) electrons. The fourth-order valence-electron chi connectivity index (χ4n) is 3.63. The van der Waals surface area contributed by atoms with Crippen LogP contribution in [0.3, 0.4) is 0 Å². The van der Waals surface area contributed by atoms with Crippen molar-refractivity contribution in [3.05, 3.63) is 66.1 Å². The Bertz CT molecular complexity index is 824. The van der Waals surface area contributed by atoms with Gasteiger partial charge in [0.1, 0.15) is 0 Å². The van der Waals surface area contributed by atoms with E-state index in [9.17, 15) is 13.2 Å². The van der Waals surface area contributed by atoms with Crippen molar-refractivity contribution in [3.8, 4) is 0 Å². The Morgan fingerprint density at radius 2 is 1.92 bits per heavy atom. The van der Waals surface area contributed by atoms with Gasteiger partial charge in [-0.3, -0.25) is 4.98 Å². The van der Waals surface area contributed by atoms with Crippen molar-refractivity contribution >= 4 is 10.9 Å². The molecule has 0 amide bonds. The van der Waals surface area contributed by atoms with Crippen LogP contribution in [0.25, 0.3) is 10.9 Å². The predicted octanol–water partition coefficient (Wildman–Crippen LogP) is 4.73. The van der Waals surface area contributed by atoms with Gasteiger partial charge in [0, 0.05) is 41.5 Å². The Balaban J connectivity index is 1.79. The van der Waals surface area contributed by atoms with Crippen LogP contribution >= 0.6 is 0 Å². The lowest BCUT2D eigenvalue weighted by Crippen LogP contribution is -2.37. The second kappa shape index (κ2) is 7.11. The van der Waals surface area contributed by atoms with E-state index in [0.29, 0.717) is 12.0 Å². The van der Waals surface area contributed by atoms with E-state index in [-0.39, 0.29) is 6.42 Å². The molecule has 2 atom stereocenters. The number of nitrogens with one attached hydrogen (secondary N) is 1. The highest BCUT2D eigenvalue weighted by Crippen LogP contribution is 2.39. The third-order valence-corrected chi connectivity index (χ3v) is 4.73. The number of nitrogens with zero attached hydrogens (tertiary/aromatic N) is 1. The summed E-state index contributed by atoms with van der Waals surface area (Å²) in [5, 5.41) is 1.07. The molecule has 0 aliphatic heterocycles. The van der Waals surface area contributed by atoms with Crippen LogP contribution in [0, 0.1) is 0 Å².